The fourth-order valence-corrected chi connectivity index (χ4v) is 3.51. The highest BCUT2D eigenvalue weighted by atomic mass is 19.1. The Labute approximate surface area is 160 Å². The minimum absolute atomic E-state index is 0.227. The molecule has 0 spiro atoms. The van der Waals surface area contributed by atoms with Crippen molar-refractivity contribution in [3.05, 3.63) is 63.3 Å². The van der Waals surface area contributed by atoms with Crippen LogP contribution in [0.15, 0.2) is 46.2 Å². The number of anilines is 1. The zero-order valence-electron chi connectivity index (χ0n) is 15.3. The van der Waals surface area contributed by atoms with Crippen molar-refractivity contribution in [3.63, 3.8) is 0 Å². The largest absolute Gasteiger partial charge is 0.338 e. The number of benzene rings is 1. The number of aromatic amines is 1. The minimum Gasteiger partial charge on any atom is -0.338 e. The molecular formula is C19H21FN6O2. The van der Waals surface area contributed by atoms with Crippen LogP contribution < -0.4 is 16.1 Å². The number of hydrogen-bond donors (Lipinski definition) is 1. The number of H-pyrrole nitrogens is 1. The van der Waals surface area contributed by atoms with Gasteiger partial charge in [-0.25, -0.2) is 19.2 Å². The summed E-state index contributed by atoms with van der Waals surface area (Å²) in [6.45, 7) is 4.54. The number of nitrogens with one attached hydrogen (secondary N) is 1. The van der Waals surface area contributed by atoms with Crippen LogP contribution in [0.1, 0.15) is 6.42 Å². The normalized spacial score (nSPS) is 15.2. The van der Waals surface area contributed by atoms with Crippen molar-refractivity contribution in [2.45, 2.75) is 13.0 Å². The molecule has 0 radical (unpaired) electrons. The number of rotatable bonds is 5. The Hall–Kier alpha value is -3.07. The van der Waals surface area contributed by atoms with E-state index >= 15 is 0 Å². The lowest BCUT2D eigenvalue weighted by molar-refractivity contribution is 0.248. The molecule has 1 N–H and O–H groups in total. The molecule has 2 aromatic heterocycles. The topological polar surface area (TPSA) is 87.1 Å². The Morgan fingerprint density at radius 3 is 2.54 bits per heavy atom. The summed E-state index contributed by atoms with van der Waals surface area (Å²) in [6, 6.07) is 5.59. The molecule has 0 bridgehead atoms. The number of halogens is 1. The summed E-state index contributed by atoms with van der Waals surface area (Å²) in [4.78, 5) is 40.3. The van der Waals surface area contributed by atoms with Gasteiger partial charge in [0, 0.05) is 45.1 Å². The molecule has 0 aliphatic carbocycles. The van der Waals surface area contributed by atoms with E-state index in [0.29, 0.717) is 18.4 Å². The van der Waals surface area contributed by atoms with Crippen LogP contribution in [0.3, 0.4) is 0 Å². The summed E-state index contributed by atoms with van der Waals surface area (Å²) >= 11 is 0. The number of nitrogens with zero attached hydrogens (tertiary/aromatic N) is 5. The number of fused-ring (bicyclic) bond motifs is 1. The van der Waals surface area contributed by atoms with Gasteiger partial charge in [-0.3, -0.25) is 14.3 Å². The van der Waals surface area contributed by atoms with Crippen molar-refractivity contribution >= 4 is 16.9 Å². The lowest BCUT2D eigenvalue weighted by Gasteiger charge is -2.34. The first kappa shape index (κ1) is 18.3. The lowest BCUT2D eigenvalue weighted by atomic mass is 10.2. The van der Waals surface area contributed by atoms with Crippen LogP contribution in [-0.4, -0.2) is 57.1 Å². The van der Waals surface area contributed by atoms with Gasteiger partial charge in [-0.05, 0) is 37.2 Å². The molecule has 1 fully saturated rings. The van der Waals surface area contributed by atoms with Gasteiger partial charge in [-0.2, -0.15) is 0 Å². The average molecular weight is 384 g/mol. The zero-order chi connectivity index (χ0) is 19.5. The van der Waals surface area contributed by atoms with E-state index in [0.717, 1.165) is 38.7 Å². The Morgan fingerprint density at radius 1 is 1.04 bits per heavy atom. The van der Waals surface area contributed by atoms with Gasteiger partial charge in [-0.15, -0.1) is 0 Å². The second-order valence-electron chi connectivity index (χ2n) is 6.81. The molecule has 1 aliphatic heterocycles. The highest BCUT2D eigenvalue weighted by molar-refractivity contribution is 5.77. The fourth-order valence-electron chi connectivity index (χ4n) is 3.51. The predicted molar refractivity (Wildman–Crippen MR) is 104 cm³/mol. The van der Waals surface area contributed by atoms with Crippen LogP contribution in [-0.2, 0) is 6.54 Å². The van der Waals surface area contributed by atoms with Crippen LogP contribution in [0.25, 0.3) is 10.9 Å². The van der Waals surface area contributed by atoms with Crippen LogP contribution in [0, 0.1) is 5.82 Å². The molecule has 146 valence electrons. The third kappa shape index (κ3) is 3.79. The maximum Gasteiger partial charge on any atom is 0.328 e. The zero-order valence-corrected chi connectivity index (χ0v) is 15.3. The molecule has 1 aromatic carbocycles. The molecule has 3 aromatic rings. The van der Waals surface area contributed by atoms with Gasteiger partial charge in [0.25, 0.3) is 5.56 Å². The van der Waals surface area contributed by atoms with Crippen LogP contribution in [0.2, 0.25) is 0 Å². The summed E-state index contributed by atoms with van der Waals surface area (Å²) in [5, 5.41) is 0.317. The average Bonchev–Trinajstić information content (AvgIpc) is 2.71. The van der Waals surface area contributed by atoms with Gasteiger partial charge in [0.1, 0.15) is 5.82 Å². The monoisotopic (exact) mass is 384 g/mol. The number of piperazine rings is 1. The van der Waals surface area contributed by atoms with E-state index in [4.69, 9.17) is 0 Å². The van der Waals surface area contributed by atoms with Gasteiger partial charge in [0.15, 0.2) is 0 Å². The second-order valence-corrected chi connectivity index (χ2v) is 6.81. The maximum absolute atomic E-state index is 13.3. The number of hydrogen-bond acceptors (Lipinski definition) is 6. The highest BCUT2D eigenvalue weighted by Gasteiger charge is 2.18. The van der Waals surface area contributed by atoms with Gasteiger partial charge in [0.2, 0.25) is 5.95 Å². The smallest absolute Gasteiger partial charge is 0.328 e. The van der Waals surface area contributed by atoms with Crippen LogP contribution >= 0.6 is 0 Å². The summed E-state index contributed by atoms with van der Waals surface area (Å²) in [7, 11) is 0. The first-order valence-corrected chi connectivity index (χ1v) is 9.28. The molecule has 0 unspecified atom stereocenters. The first-order chi connectivity index (χ1) is 13.6. The van der Waals surface area contributed by atoms with Crippen molar-refractivity contribution in [1.82, 2.24) is 24.4 Å². The van der Waals surface area contributed by atoms with Crippen molar-refractivity contribution in [1.29, 1.82) is 0 Å². The fraction of sp³-hybridized carbons (Fsp3) is 0.368. The van der Waals surface area contributed by atoms with E-state index in [2.05, 4.69) is 24.8 Å². The van der Waals surface area contributed by atoms with E-state index in [9.17, 15) is 14.0 Å². The quantitative estimate of drug-likeness (QED) is 0.701. The molecule has 28 heavy (non-hydrogen) atoms. The Kier molecular flexibility index (Phi) is 5.16. The van der Waals surface area contributed by atoms with E-state index < -0.39 is 11.5 Å². The Balaban J connectivity index is 1.35. The lowest BCUT2D eigenvalue weighted by Crippen LogP contribution is -2.47. The Morgan fingerprint density at radius 2 is 1.79 bits per heavy atom. The van der Waals surface area contributed by atoms with Gasteiger partial charge in [0.05, 0.1) is 10.9 Å². The van der Waals surface area contributed by atoms with Crippen molar-refractivity contribution in [2.24, 2.45) is 0 Å². The second kappa shape index (κ2) is 7.89. The van der Waals surface area contributed by atoms with Crippen molar-refractivity contribution in [3.8, 4) is 0 Å². The maximum atomic E-state index is 13.3. The summed E-state index contributed by atoms with van der Waals surface area (Å²) in [5.74, 6) is 0.258. The molecule has 4 rings (SSSR count). The van der Waals surface area contributed by atoms with Crippen molar-refractivity contribution < 1.29 is 4.39 Å². The summed E-state index contributed by atoms with van der Waals surface area (Å²) in [6.07, 6.45) is 4.15. The predicted octanol–water partition coefficient (Wildman–Crippen LogP) is 0.831. The minimum atomic E-state index is -0.505. The van der Waals surface area contributed by atoms with Gasteiger partial charge >= 0.3 is 5.69 Å². The molecular weight excluding hydrogens is 363 g/mol. The standard InChI is InChI=1S/C19H21FN6O2/c20-14-3-4-15-16(13-14)23-19(28)26(17(15)27)8-2-7-24-9-11-25(12-10-24)18-21-5-1-6-22-18/h1,3-6,13H,2,7-12H2,(H,23,28). The molecule has 0 atom stereocenters. The SMILES string of the molecule is O=c1[nH]c2cc(F)ccc2c(=O)n1CCCN1CCN(c2ncccn2)CC1. The molecule has 9 heteroatoms. The van der Waals surface area contributed by atoms with Gasteiger partial charge < -0.3 is 9.88 Å². The third-order valence-corrected chi connectivity index (χ3v) is 5.01. The van der Waals surface area contributed by atoms with Gasteiger partial charge in [-0.1, -0.05) is 0 Å². The summed E-state index contributed by atoms with van der Waals surface area (Å²) in [5.41, 5.74) is -0.663. The van der Waals surface area contributed by atoms with Crippen molar-refractivity contribution in [2.75, 3.05) is 37.6 Å². The number of aromatic nitrogens is 4. The molecule has 8 nitrogen and oxygen atoms in total. The van der Waals surface area contributed by atoms with E-state index in [-0.39, 0.29) is 11.1 Å². The van der Waals surface area contributed by atoms with E-state index in [1.54, 1.807) is 18.5 Å². The molecule has 0 saturated carbocycles. The Bertz CT molecular complexity index is 1070. The third-order valence-electron chi connectivity index (χ3n) is 5.01. The van der Waals surface area contributed by atoms with E-state index in [1.807, 2.05) is 0 Å². The molecule has 1 aliphatic rings. The highest BCUT2D eigenvalue weighted by Crippen LogP contribution is 2.10. The van der Waals surface area contributed by atoms with Crippen LogP contribution in [0.4, 0.5) is 10.3 Å². The van der Waals surface area contributed by atoms with E-state index in [1.165, 1.54) is 22.8 Å². The molecule has 3 heterocycles. The molecule has 0 amide bonds. The molecule has 1 saturated heterocycles. The summed E-state index contributed by atoms with van der Waals surface area (Å²) < 4.78 is 14.5. The van der Waals surface area contributed by atoms with Crippen LogP contribution in [0.5, 0.6) is 0 Å². The first-order valence-electron chi connectivity index (χ1n) is 9.28.